The molecule has 4 aliphatic rings. The molecule has 2 aromatic rings. The average molecular weight is 463 g/mol. The Morgan fingerprint density at radius 2 is 1.76 bits per heavy atom. The summed E-state index contributed by atoms with van der Waals surface area (Å²) in [6, 6.07) is 15.8. The van der Waals surface area contributed by atoms with Gasteiger partial charge in [0.2, 0.25) is 0 Å². The topological polar surface area (TPSA) is 105 Å². The Balaban J connectivity index is 1.08. The second-order valence-electron chi connectivity index (χ2n) is 9.74. The molecule has 2 N–H and O–H groups in total. The maximum Gasteiger partial charge on any atom is 0.407 e. The van der Waals surface area contributed by atoms with Gasteiger partial charge in [-0.1, -0.05) is 48.5 Å². The number of nitrogens with one attached hydrogen (secondary N) is 1. The highest BCUT2D eigenvalue weighted by Crippen LogP contribution is 2.58. The van der Waals surface area contributed by atoms with E-state index in [-0.39, 0.29) is 30.9 Å². The first kappa shape index (κ1) is 21.2. The Hall–Kier alpha value is -3.39. The largest absolute Gasteiger partial charge is 0.481 e. The summed E-state index contributed by atoms with van der Waals surface area (Å²) in [6.07, 6.45) is -0.272. The Labute approximate surface area is 196 Å². The maximum atomic E-state index is 13.0. The van der Waals surface area contributed by atoms with E-state index in [1.807, 2.05) is 24.3 Å². The maximum absolute atomic E-state index is 13.0. The minimum Gasteiger partial charge on any atom is -0.481 e. The molecule has 0 radical (unpaired) electrons. The number of hydrogen-bond acceptors (Lipinski definition) is 5. The van der Waals surface area contributed by atoms with E-state index in [0.29, 0.717) is 26.0 Å². The van der Waals surface area contributed by atoms with Crippen LogP contribution in [-0.4, -0.2) is 66.4 Å². The Kier molecular flexibility index (Phi) is 4.88. The van der Waals surface area contributed by atoms with Crippen molar-refractivity contribution < 1.29 is 29.0 Å². The molecule has 0 bridgehead atoms. The van der Waals surface area contributed by atoms with Crippen LogP contribution in [0.4, 0.5) is 4.79 Å². The molecular weight excluding hydrogens is 436 g/mol. The van der Waals surface area contributed by atoms with Crippen LogP contribution in [0.3, 0.4) is 0 Å². The summed E-state index contributed by atoms with van der Waals surface area (Å²) in [5, 5.41) is 12.3. The fourth-order valence-corrected chi connectivity index (χ4v) is 5.93. The quantitative estimate of drug-likeness (QED) is 0.708. The van der Waals surface area contributed by atoms with Gasteiger partial charge in [-0.2, -0.15) is 0 Å². The third-order valence-corrected chi connectivity index (χ3v) is 7.87. The fraction of sp³-hybridized carbons (Fsp3) is 0.423. The average Bonchev–Trinajstić information content (AvgIpc) is 3.16. The molecule has 0 aromatic heterocycles. The van der Waals surface area contributed by atoms with Crippen LogP contribution < -0.4 is 5.32 Å². The van der Waals surface area contributed by atoms with Crippen LogP contribution in [0.2, 0.25) is 0 Å². The number of amides is 2. The number of fused-ring (bicyclic) bond motifs is 4. The number of piperidine rings is 1. The van der Waals surface area contributed by atoms with E-state index in [4.69, 9.17) is 9.47 Å². The third kappa shape index (κ3) is 3.27. The van der Waals surface area contributed by atoms with E-state index >= 15 is 0 Å². The molecule has 2 saturated heterocycles. The van der Waals surface area contributed by atoms with Crippen molar-refractivity contribution in [1.29, 1.82) is 0 Å². The number of ether oxygens (including phenoxy) is 2. The predicted octanol–water partition coefficient (Wildman–Crippen LogP) is 2.62. The molecule has 2 aliphatic carbocycles. The third-order valence-electron chi connectivity index (χ3n) is 7.87. The number of nitrogens with zero attached hydrogens (tertiary/aromatic N) is 1. The van der Waals surface area contributed by atoms with E-state index in [9.17, 15) is 19.5 Å². The van der Waals surface area contributed by atoms with Crippen molar-refractivity contribution in [2.24, 2.45) is 11.3 Å². The van der Waals surface area contributed by atoms with Crippen LogP contribution in [0.15, 0.2) is 48.5 Å². The van der Waals surface area contributed by atoms with Gasteiger partial charge in [-0.15, -0.1) is 0 Å². The van der Waals surface area contributed by atoms with Crippen molar-refractivity contribution >= 4 is 18.0 Å². The molecule has 2 heterocycles. The van der Waals surface area contributed by atoms with Crippen LogP contribution in [0.25, 0.3) is 11.1 Å². The molecule has 8 nitrogen and oxygen atoms in total. The molecule has 2 amide bonds. The first-order valence-electron chi connectivity index (χ1n) is 11.7. The second kappa shape index (κ2) is 7.84. The first-order valence-corrected chi connectivity index (χ1v) is 11.7. The lowest BCUT2D eigenvalue weighted by molar-refractivity contribution is -0.145. The van der Waals surface area contributed by atoms with Gasteiger partial charge in [0.05, 0.1) is 11.5 Å². The number of carboxylic acids is 1. The highest BCUT2D eigenvalue weighted by atomic mass is 16.6. The summed E-state index contributed by atoms with van der Waals surface area (Å²) in [5.41, 5.74) is 3.79. The van der Waals surface area contributed by atoms with Gasteiger partial charge in [0.15, 0.2) is 6.10 Å². The molecule has 3 fully saturated rings. The summed E-state index contributed by atoms with van der Waals surface area (Å²) < 4.78 is 11.3. The zero-order chi connectivity index (χ0) is 23.4. The highest BCUT2D eigenvalue weighted by Gasteiger charge is 2.66. The second-order valence-corrected chi connectivity index (χ2v) is 9.74. The Morgan fingerprint density at radius 1 is 1.09 bits per heavy atom. The highest BCUT2D eigenvalue weighted by molar-refractivity contribution is 5.87. The number of hydrogen-bond donors (Lipinski definition) is 2. The van der Waals surface area contributed by atoms with Crippen molar-refractivity contribution in [3.05, 3.63) is 59.7 Å². The predicted molar refractivity (Wildman–Crippen MR) is 121 cm³/mol. The molecule has 8 heteroatoms. The summed E-state index contributed by atoms with van der Waals surface area (Å²) >= 11 is 0. The molecule has 2 unspecified atom stereocenters. The Morgan fingerprint density at radius 3 is 2.41 bits per heavy atom. The van der Waals surface area contributed by atoms with Gasteiger partial charge in [0, 0.05) is 25.6 Å². The molecule has 4 atom stereocenters. The van der Waals surface area contributed by atoms with Gasteiger partial charge >= 0.3 is 12.1 Å². The standard InChI is InChI=1S/C26H26N2O6/c29-23(28-12-15-11-26(15,14-28)24(30)31)22-21(9-10-33-22)27-25(32)34-13-20-18-7-3-1-5-16(18)17-6-2-4-8-19(17)20/h1-8,15,20-22H,9-14H2,(H,27,32)(H,30,31)/t15?,21-,22+,26?/m1/s1. The van der Waals surface area contributed by atoms with Crippen molar-refractivity contribution in [2.45, 2.75) is 30.9 Å². The number of benzene rings is 2. The molecular formula is C26H26N2O6. The molecule has 6 rings (SSSR count). The number of alkyl carbamates (subject to hydrolysis) is 1. The minimum atomic E-state index is -0.839. The Bertz CT molecular complexity index is 1140. The SMILES string of the molecule is O=C(N[C@@H]1CCO[C@@H]1C(=O)N1CC2CC2(C(=O)O)C1)OCC1c2ccccc2-c2ccccc21. The lowest BCUT2D eigenvalue weighted by Gasteiger charge is -2.26. The van der Waals surface area contributed by atoms with E-state index in [2.05, 4.69) is 29.6 Å². The molecule has 34 heavy (non-hydrogen) atoms. The van der Waals surface area contributed by atoms with Gasteiger partial charge in [-0.25, -0.2) is 4.79 Å². The van der Waals surface area contributed by atoms with Crippen LogP contribution >= 0.6 is 0 Å². The van der Waals surface area contributed by atoms with E-state index < -0.39 is 29.6 Å². The number of carboxylic acid groups (broad SMARTS) is 1. The zero-order valence-electron chi connectivity index (χ0n) is 18.6. The molecule has 1 saturated carbocycles. The van der Waals surface area contributed by atoms with Gasteiger partial charge in [0.25, 0.3) is 5.91 Å². The monoisotopic (exact) mass is 462 g/mol. The van der Waals surface area contributed by atoms with Gasteiger partial charge in [-0.3, -0.25) is 9.59 Å². The normalized spacial score (nSPS) is 28.7. The van der Waals surface area contributed by atoms with Crippen LogP contribution in [0.5, 0.6) is 0 Å². The lowest BCUT2D eigenvalue weighted by atomic mass is 9.98. The van der Waals surface area contributed by atoms with Crippen LogP contribution in [-0.2, 0) is 19.1 Å². The van der Waals surface area contributed by atoms with Crippen molar-refractivity contribution in [3.8, 4) is 11.1 Å². The molecule has 176 valence electrons. The van der Waals surface area contributed by atoms with E-state index in [0.717, 1.165) is 22.3 Å². The van der Waals surface area contributed by atoms with Crippen molar-refractivity contribution in [3.63, 3.8) is 0 Å². The molecule has 0 spiro atoms. The van der Waals surface area contributed by atoms with Gasteiger partial charge < -0.3 is 24.8 Å². The summed E-state index contributed by atoms with van der Waals surface area (Å²) in [4.78, 5) is 38.8. The molecule has 2 aromatic carbocycles. The lowest BCUT2D eigenvalue weighted by Crippen LogP contribution is -2.50. The van der Waals surface area contributed by atoms with Gasteiger partial charge in [-0.05, 0) is 41.0 Å². The molecule has 2 aliphatic heterocycles. The van der Waals surface area contributed by atoms with Crippen molar-refractivity contribution in [2.75, 3.05) is 26.3 Å². The summed E-state index contributed by atoms with van der Waals surface area (Å²) in [6.45, 7) is 1.19. The van der Waals surface area contributed by atoms with E-state index in [1.165, 1.54) is 0 Å². The summed E-state index contributed by atoms with van der Waals surface area (Å²) in [7, 11) is 0. The fourth-order valence-electron chi connectivity index (χ4n) is 5.93. The first-order chi connectivity index (χ1) is 16.5. The number of carbonyl (C=O) groups excluding carboxylic acids is 2. The van der Waals surface area contributed by atoms with Crippen LogP contribution in [0.1, 0.15) is 29.9 Å². The van der Waals surface area contributed by atoms with Crippen molar-refractivity contribution in [1.82, 2.24) is 10.2 Å². The minimum absolute atomic E-state index is 0.0175. The number of aliphatic carboxylic acids is 1. The number of likely N-dealkylation sites (tertiary alicyclic amines) is 1. The smallest absolute Gasteiger partial charge is 0.407 e. The van der Waals surface area contributed by atoms with E-state index in [1.54, 1.807) is 4.90 Å². The number of rotatable bonds is 5. The number of carbonyl (C=O) groups is 3. The summed E-state index contributed by atoms with van der Waals surface area (Å²) in [5.74, 6) is -1.12. The zero-order valence-corrected chi connectivity index (χ0v) is 18.6. The van der Waals surface area contributed by atoms with Crippen LogP contribution in [0, 0.1) is 11.3 Å². The van der Waals surface area contributed by atoms with Gasteiger partial charge in [0.1, 0.15) is 6.61 Å².